The van der Waals surface area contributed by atoms with Gasteiger partial charge in [-0.15, -0.1) is 0 Å². The Hall–Kier alpha value is -4.13. The highest BCUT2D eigenvalue weighted by atomic mass is 35.5. The smallest absolute Gasteiger partial charge is 0.262 e. The molecule has 0 aliphatic heterocycles. The van der Waals surface area contributed by atoms with Crippen molar-refractivity contribution in [2.24, 2.45) is 0 Å². The zero-order chi connectivity index (χ0) is 28.2. The van der Waals surface area contributed by atoms with Gasteiger partial charge in [0.15, 0.2) is 0 Å². The normalized spacial score (nSPS) is 11.5. The minimum absolute atomic E-state index is 0.00608. The van der Waals surface area contributed by atoms with Crippen molar-refractivity contribution < 1.29 is 30.8 Å². The number of methoxy groups -OCH3 is 1. The molecule has 4 aromatic carbocycles. The highest BCUT2D eigenvalue weighted by molar-refractivity contribution is 7.93. The molecule has 39 heavy (non-hydrogen) atoms. The van der Waals surface area contributed by atoms with Gasteiger partial charge in [0.25, 0.3) is 26.0 Å². The number of hydrogen-bond donors (Lipinski definition) is 3. The summed E-state index contributed by atoms with van der Waals surface area (Å²) in [6.45, 7) is 0. The van der Waals surface area contributed by atoms with Crippen LogP contribution in [0.3, 0.4) is 0 Å². The molecule has 3 N–H and O–H groups in total. The molecular formula is C26H21ClFN3O6S2. The van der Waals surface area contributed by atoms with Crippen LogP contribution in [0.5, 0.6) is 5.75 Å². The predicted octanol–water partition coefficient (Wildman–Crippen LogP) is 5.34. The first-order chi connectivity index (χ1) is 18.5. The average molecular weight is 590 g/mol. The first-order valence-corrected chi connectivity index (χ1v) is 14.5. The van der Waals surface area contributed by atoms with Crippen molar-refractivity contribution in [3.05, 3.63) is 107 Å². The van der Waals surface area contributed by atoms with Crippen LogP contribution in [0.25, 0.3) is 0 Å². The lowest BCUT2D eigenvalue weighted by molar-refractivity contribution is 0.102. The number of amides is 1. The minimum atomic E-state index is -4.12. The van der Waals surface area contributed by atoms with E-state index in [9.17, 15) is 26.0 Å². The molecule has 0 aliphatic rings. The number of carbonyl (C=O) groups excluding carboxylic acids is 1. The van der Waals surface area contributed by atoms with Gasteiger partial charge in [-0.2, -0.15) is 0 Å². The molecule has 9 nitrogen and oxygen atoms in total. The molecule has 13 heteroatoms. The van der Waals surface area contributed by atoms with Gasteiger partial charge >= 0.3 is 0 Å². The Morgan fingerprint density at radius 2 is 1.36 bits per heavy atom. The van der Waals surface area contributed by atoms with Gasteiger partial charge in [0.2, 0.25) is 0 Å². The van der Waals surface area contributed by atoms with Gasteiger partial charge in [-0.05, 0) is 78.9 Å². The van der Waals surface area contributed by atoms with Crippen molar-refractivity contribution >= 4 is 54.6 Å². The van der Waals surface area contributed by atoms with Crippen LogP contribution in [0.1, 0.15) is 10.4 Å². The monoisotopic (exact) mass is 589 g/mol. The molecule has 0 heterocycles. The Bertz CT molecular complexity index is 1730. The molecule has 0 spiro atoms. The number of anilines is 3. The van der Waals surface area contributed by atoms with Crippen molar-refractivity contribution in [1.29, 1.82) is 0 Å². The van der Waals surface area contributed by atoms with Crippen molar-refractivity contribution in [2.75, 3.05) is 21.9 Å². The summed E-state index contributed by atoms with van der Waals surface area (Å²) in [6.07, 6.45) is 0. The summed E-state index contributed by atoms with van der Waals surface area (Å²) in [5.74, 6) is -0.901. The summed E-state index contributed by atoms with van der Waals surface area (Å²) >= 11 is 6.16. The zero-order valence-corrected chi connectivity index (χ0v) is 22.6. The van der Waals surface area contributed by atoms with Crippen LogP contribution in [0.4, 0.5) is 21.5 Å². The maximum Gasteiger partial charge on any atom is 0.262 e. The lowest BCUT2D eigenvalue weighted by Crippen LogP contribution is -2.17. The topological polar surface area (TPSA) is 131 Å². The summed E-state index contributed by atoms with van der Waals surface area (Å²) in [5.41, 5.74) is 0.501. The predicted molar refractivity (Wildman–Crippen MR) is 147 cm³/mol. The fourth-order valence-electron chi connectivity index (χ4n) is 3.43. The third-order valence-corrected chi connectivity index (χ3v) is 8.45. The van der Waals surface area contributed by atoms with E-state index in [-0.39, 0.29) is 37.4 Å². The van der Waals surface area contributed by atoms with Crippen LogP contribution in [-0.4, -0.2) is 29.9 Å². The van der Waals surface area contributed by atoms with E-state index in [2.05, 4.69) is 14.8 Å². The van der Waals surface area contributed by atoms with E-state index in [0.717, 1.165) is 18.2 Å². The minimum Gasteiger partial charge on any atom is -0.495 e. The average Bonchev–Trinajstić information content (AvgIpc) is 2.90. The van der Waals surface area contributed by atoms with E-state index in [1.807, 2.05) is 0 Å². The van der Waals surface area contributed by atoms with Crippen LogP contribution in [0.2, 0.25) is 5.02 Å². The molecule has 0 aliphatic carbocycles. The van der Waals surface area contributed by atoms with Gasteiger partial charge in [-0.1, -0.05) is 23.7 Å². The number of halogens is 2. The maximum atomic E-state index is 13.1. The van der Waals surface area contributed by atoms with E-state index < -0.39 is 31.8 Å². The number of nitrogens with one attached hydrogen (secondary N) is 3. The Morgan fingerprint density at radius 1 is 0.769 bits per heavy atom. The molecule has 0 radical (unpaired) electrons. The van der Waals surface area contributed by atoms with E-state index in [1.165, 1.54) is 55.6 Å². The highest BCUT2D eigenvalue weighted by Gasteiger charge is 2.20. The summed E-state index contributed by atoms with van der Waals surface area (Å²) in [4.78, 5) is 12.6. The molecule has 0 fully saturated rings. The fourth-order valence-corrected chi connectivity index (χ4v) is 5.78. The molecular weight excluding hydrogens is 569 g/mol. The summed E-state index contributed by atoms with van der Waals surface area (Å²) in [5, 5.41) is 2.56. The van der Waals surface area contributed by atoms with E-state index in [1.54, 1.807) is 24.3 Å². The van der Waals surface area contributed by atoms with E-state index >= 15 is 0 Å². The lowest BCUT2D eigenvalue weighted by Gasteiger charge is -2.13. The Morgan fingerprint density at radius 3 is 2.03 bits per heavy atom. The second-order valence-electron chi connectivity index (χ2n) is 8.04. The van der Waals surface area contributed by atoms with Crippen LogP contribution in [0.15, 0.2) is 101 Å². The first kappa shape index (κ1) is 27.9. The molecule has 4 aromatic rings. The Balaban J connectivity index is 1.50. The molecule has 202 valence electrons. The zero-order valence-electron chi connectivity index (χ0n) is 20.2. The second-order valence-corrected chi connectivity index (χ2v) is 11.8. The Kier molecular flexibility index (Phi) is 8.09. The number of hydrogen-bond acceptors (Lipinski definition) is 6. The number of benzene rings is 4. The largest absolute Gasteiger partial charge is 0.495 e. The summed E-state index contributed by atoms with van der Waals surface area (Å²) in [7, 11) is -6.66. The van der Waals surface area contributed by atoms with Crippen LogP contribution >= 0.6 is 11.6 Å². The molecule has 0 aromatic heterocycles. The second kappa shape index (κ2) is 11.3. The van der Waals surface area contributed by atoms with Crippen molar-refractivity contribution in [3.8, 4) is 5.75 Å². The third-order valence-electron chi connectivity index (χ3n) is 5.36. The van der Waals surface area contributed by atoms with Crippen molar-refractivity contribution in [1.82, 2.24) is 0 Å². The summed E-state index contributed by atoms with van der Waals surface area (Å²) in [6, 6.07) is 20.2. The van der Waals surface area contributed by atoms with Crippen LogP contribution in [-0.2, 0) is 20.0 Å². The maximum absolute atomic E-state index is 13.1. The van der Waals surface area contributed by atoms with Gasteiger partial charge in [-0.3, -0.25) is 14.2 Å². The van der Waals surface area contributed by atoms with Gasteiger partial charge in [0.1, 0.15) is 11.6 Å². The molecule has 1 amide bonds. The quantitative estimate of drug-likeness (QED) is 0.241. The SMILES string of the molecule is COc1ccccc1NS(=O)(=O)c1ccc(NC(=O)c2cc(S(=O)(=O)Nc3ccc(F)cc3)ccc2Cl)cc1. The first-order valence-electron chi connectivity index (χ1n) is 11.1. The lowest BCUT2D eigenvalue weighted by atomic mass is 10.2. The number of rotatable bonds is 9. The van der Waals surface area contributed by atoms with Crippen LogP contribution in [0, 0.1) is 5.82 Å². The van der Waals surface area contributed by atoms with Gasteiger partial charge in [-0.25, -0.2) is 21.2 Å². The van der Waals surface area contributed by atoms with E-state index in [0.29, 0.717) is 5.75 Å². The van der Waals surface area contributed by atoms with Gasteiger partial charge < -0.3 is 10.1 Å². The highest BCUT2D eigenvalue weighted by Crippen LogP contribution is 2.27. The number of ether oxygens (including phenoxy) is 1. The van der Waals surface area contributed by atoms with Crippen molar-refractivity contribution in [3.63, 3.8) is 0 Å². The Labute approximate surface area is 229 Å². The van der Waals surface area contributed by atoms with Crippen LogP contribution < -0.4 is 19.5 Å². The molecule has 0 atom stereocenters. The fraction of sp³-hybridized carbons (Fsp3) is 0.0385. The van der Waals surface area contributed by atoms with Crippen molar-refractivity contribution in [2.45, 2.75) is 9.79 Å². The van der Waals surface area contributed by atoms with E-state index in [4.69, 9.17) is 16.3 Å². The van der Waals surface area contributed by atoms with Gasteiger partial charge in [0.05, 0.1) is 33.2 Å². The third kappa shape index (κ3) is 6.66. The number of para-hydroxylation sites is 2. The molecule has 0 saturated carbocycles. The standard InChI is InChI=1S/C26H21ClFN3O6S2/c1-37-25-5-3-2-4-24(25)31-38(33,34)20-12-10-18(11-13-20)29-26(32)22-16-21(14-15-23(22)27)39(35,36)30-19-8-6-17(28)7-9-19/h2-16,30-31H,1H3,(H,29,32). The molecule has 0 bridgehead atoms. The summed E-state index contributed by atoms with van der Waals surface area (Å²) < 4.78 is 74.2. The van der Waals surface area contributed by atoms with Gasteiger partial charge in [0, 0.05) is 11.4 Å². The molecule has 0 saturated heterocycles. The molecule has 0 unspecified atom stereocenters. The number of sulfonamides is 2. The molecule has 4 rings (SSSR count). The number of carbonyl (C=O) groups is 1.